The van der Waals surface area contributed by atoms with Crippen LogP contribution in [0, 0.1) is 0 Å². The van der Waals surface area contributed by atoms with Crippen LogP contribution in [0.5, 0.6) is 0 Å². The molecule has 0 saturated carbocycles. The number of rotatable bonds is 1. The zero-order valence-electron chi connectivity index (χ0n) is 13.5. The average molecular weight is 338 g/mol. The lowest BCUT2D eigenvalue weighted by molar-refractivity contribution is 0.0877. The number of carbonyl (C=O) groups is 3. The normalized spacial score (nSPS) is 17.1. The smallest absolute Gasteiger partial charge is 0.262 e. The van der Waals surface area contributed by atoms with Gasteiger partial charge in [-0.3, -0.25) is 29.1 Å². The van der Waals surface area contributed by atoms with Crippen molar-refractivity contribution in [3.63, 3.8) is 0 Å². The minimum Gasteiger partial charge on any atom is -0.384 e. The second-order valence-corrected chi connectivity index (χ2v) is 6.58. The molecular formula is C17H14N4O4. The van der Waals surface area contributed by atoms with Crippen LogP contribution >= 0.6 is 0 Å². The van der Waals surface area contributed by atoms with Crippen molar-refractivity contribution >= 4 is 23.5 Å². The number of carbonyl (C=O) groups excluding carboxylic acids is 3. The molecule has 1 aromatic heterocycles. The minimum absolute atomic E-state index is 0.0325. The molecule has 0 spiro atoms. The van der Waals surface area contributed by atoms with Crippen molar-refractivity contribution in [1.29, 1.82) is 0 Å². The molecule has 0 fully saturated rings. The Morgan fingerprint density at radius 3 is 2.40 bits per heavy atom. The molecule has 8 heteroatoms. The zero-order valence-corrected chi connectivity index (χ0v) is 13.5. The highest BCUT2D eigenvalue weighted by Crippen LogP contribution is 2.32. The lowest BCUT2D eigenvalue weighted by Crippen LogP contribution is -2.32. The predicted molar refractivity (Wildman–Crippen MR) is 88.7 cm³/mol. The van der Waals surface area contributed by atoms with Crippen LogP contribution in [-0.2, 0) is 5.54 Å². The molecular weight excluding hydrogens is 324 g/mol. The molecule has 2 aliphatic heterocycles. The Morgan fingerprint density at radius 2 is 1.68 bits per heavy atom. The third-order valence-electron chi connectivity index (χ3n) is 4.56. The average Bonchev–Trinajstić information content (AvgIpc) is 2.92. The van der Waals surface area contributed by atoms with E-state index in [4.69, 9.17) is 5.73 Å². The Bertz CT molecular complexity index is 1070. The van der Waals surface area contributed by atoms with Crippen LogP contribution in [0.2, 0.25) is 0 Å². The van der Waals surface area contributed by atoms with Gasteiger partial charge in [-0.1, -0.05) is 6.07 Å². The van der Waals surface area contributed by atoms with Crippen LogP contribution in [0.3, 0.4) is 0 Å². The van der Waals surface area contributed by atoms with E-state index in [1.807, 2.05) is 13.8 Å². The van der Waals surface area contributed by atoms with Crippen molar-refractivity contribution in [1.82, 2.24) is 15.2 Å². The van der Waals surface area contributed by atoms with Crippen molar-refractivity contribution in [3.8, 4) is 5.69 Å². The van der Waals surface area contributed by atoms with E-state index in [9.17, 15) is 19.2 Å². The summed E-state index contributed by atoms with van der Waals surface area (Å²) in [5.41, 5.74) is 6.46. The van der Waals surface area contributed by atoms with Crippen LogP contribution in [0.15, 0.2) is 29.1 Å². The molecule has 4 N–H and O–H groups in total. The molecule has 126 valence electrons. The fraction of sp³-hybridized carbons (Fsp3) is 0.176. The number of hydrogen-bond acceptors (Lipinski definition) is 5. The fourth-order valence-corrected chi connectivity index (χ4v) is 3.37. The van der Waals surface area contributed by atoms with Gasteiger partial charge in [0, 0.05) is 11.6 Å². The van der Waals surface area contributed by atoms with E-state index < -0.39 is 22.9 Å². The summed E-state index contributed by atoms with van der Waals surface area (Å²) >= 11 is 0. The number of nitrogens with one attached hydrogen (secondary N) is 2. The number of imide groups is 1. The van der Waals surface area contributed by atoms with E-state index in [-0.39, 0.29) is 22.9 Å². The first kappa shape index (κ1) is 15.1. The molecule has 0 unspecified atom stereocenters. The van der Waals surface area contributed by atoms with Gasteiger partial charge in [-0.25, -0.2) is 0 Å². The van der Waals surface area contributed by atoms with Crippen molar-refractivity contribution in [2.75, 3.05) is 5.73 Å². The second-order valence-electron chi connectivity index (χ2n) is 6.58. The molecule has 0 saturated heterocycles. The highest BCUT2D eigenvalue weighted by Gasteiger charge is 2.36. The molecule has 25 heavy (non-hydrogen) atoms. The molecule has 0 radical (unpaired) electrons. The molecule has 3 heterocycles. The minimum atomic E-state index is -0.647. The maximum atomic E-state index is 12.5. The SMILES string of the molecule is CC1(C)NC(=O)c2cc(-n3c(N)c4c(cc3=O)C(=O)NC4=O)ccc21. The first-order valence-electron chi connectivity index (χ1n) is 7.59. The van der Waals surface area contributed by atoms with Gasteiger partial charge >= 0.3 is 0 Å². The molecule has 8 nitrogen and oxygen atoms in total. The summed E-state index contributed by atoms with van der Waals surface area (Å²) in [6.45, 7) is 3.75. The van der Waals surface area contributed by atoms with Gasteiger partial charge in [-0.15, -0.1) is 0 Å². The Kier molecular flexibility index (Phi) is 2.76. The Balaban J connectivity index is 1.97. The number of nitrogens with two attached hydrogens (primary N) is 1. The first-order valence-corrected chi connectivity index (χ1v) is 7.59. The maximum Gasteiger partial charge on any atom is 0.262 e. The molecule has 0 atom stereocenters. The molecule has 1 aromatic carbocycles. The lowest BCUT2D eigenvalue weighted by Gasteiger charge is -2.19. The predicted octanol–water partition coefficient (Wildman–Crippen LogP) is 0.282. The van der Waals surface area contributed by atoms with E-state index >= 15 is 0 Å². The summed E-state index contributed by atoms with van der Waals surface area (Å²) < 4.78 is 1.12. The van der Waals surface area contributed by atoms with E-state index in [1.54, 1.807) is 18.2 Å². The van der Waals surface area contributed by atoms with Crippen molar-refractivity contribution in [2.24, 2.45) is 0 Å². The third-order valence-corrected chi connectivity index (χ3v) is 4.56. The van der Waals surface area contributed by atoms with Gasteiger partial charge in [0.2, 0.25) is 0 Å². The number of anilines is 1. The number of hydrogen-bond donors (Lipinski definition) is 3. The monoisotopic (exact) mass is 338 g/mol. The van der Waals surface area contributed by atoms with Gasteiger partial charge in [0.15, 0.2) is 0 Å². The number of aromatic nitrogens is 1. The zero-order chi connectivity index (χ0) is 18.1. The molecule has 0 aliphatic carbocycles. The lowest BCUT2D eigenvalue weighted by atomic mass is 9.94. The summed E-state index contributed by atoms with van der Waals surface area (Å²) in [5.74, 6) is -1.68. The summed E-state index contributed by atoms with van der Waals surface area (Å²) in [6, 6.07) is 6.02. The molecule has 4 rings (SSSR count). The van der Waals surface area contributed by atoms with Crippen molar-refractivity contribution in [2.45, 2.75) is 19.4 Å². The number of fused-ring (bicyclic) bond motifs is 2. The van der Waals surface area contributed by atoms with Gasteiger partial charge < -0.3 is 11.1 Å². The highest BCUT2D eigenvalue weighted by atomic mass is 16.2. The number of benzene rings is 1. The molecule has 2 aromatic rings. The standard InChI is InChI=1S/C17H14N4O4/c1-17(2)10-4-3-7(5-8(10)15(24)20-17)21-11(22)6-9-12(13(21)18)16(25)19-14(9)23/h3-6H,18H2,1-2H3,(H,20,24)(H,19,23,25). The van der Waals surface area contributed by atoms with E-state index in [2.05, 4.69) is 10.6 Å². The second kappa shape index (κ2) is 4.56. The Morgan fingerprint density at radius 1 is 0.960 bits per heavy atom. The van der Waals surface area contributed by atoms with Crippen LogP contribution in [0.25, 0.3) is 5.69 Å². The van der Waals surface area contributed by atoms with Gasteiger partial charge in [-0.2, -0.15) is 0 Å². The number of pyridine rings is 1. The Hall–Kier alpha value is -3.42. The van der Waals surface area contributed by atoms with Crippen LogP contribution in [0.1, 0.15) is 50.5 Å². The summed E-state index contributed by atoms with van der Waals surface area (Å²) in [6.07, 6.45) is 0. The van der Waals surface area contributed by atoms with Crippen LogP contribution < -0.4 is 21.9 Å². The van der Waals surface area contributed by atoms with Gasteiger partial charge in [0.05, 0.1) is 22.4 Å². The van der Waals surface area contributed by atoms with Gasteiger partial charge in [-0.05, 0) is 31.5 Å². The van der Waals surface area contributed by atoms with Gasteiger partial charge in [0.25, 0.3) is 23.3 Å². The summed E-state index contributed by atoms with van der Waals surface area (Å²) in [7, 11) is 0. The highest BCUT2D eigenvalue weighted by molar-refractivity contribution is 6.23. The number of amides is 3. The summed E-state index contributed by atoms with van der Waals surface area (Å²) in [5, 5.41) is 4.97. The Labute approximate surface area is 141 Å². The molecule has 3 amide bonds. The van der Waals surface area contributed by atoms with Crippen LogP contribution in [-0.4, -0.2) is 22.3 Å². The van der Waals surface area contributed by atoms with Gasteiger partial charge in [0.1, 0.15) is 5.82 Å². The van der Waals surface area contributed by atoms with Crippen molar-refractivity contribution < 1.29 is 14.4 Å². The third kappa shape index (κ3) is 1.94. The van der Waals surface area contributed by atoms with Crippen molar-refractivity contribution in [3.05, 3.63) is 56.9 Å². The largest absolute Gasteiger partial charge is 0.384 e. The summed E-state index contributed by atoms with van der Waals surface area (Å²) in [4.78, 5) is 48.3. The quantitative estimate of drug-likeness (QED) is 0.645. The molecule has 2 aliphatic rings. The number of nitrogens with zero attached hydrogens (tertiary/aromatic N) is 1. The first-order chi connectivity index (χ1) is 11.7. The van der Waals surface area contributed by atoms with E-state index in [1.165, 1.54) is 0 Å². The van der Waals surface area contributed by atoms with Crippen LogP contribution in [0.4, 0.5) is 5.82 Å². The van der Waals surface area contributed by atoms with E-state index in [0.29, 0.717) is 11.3 Å². The molecule has 0 bridgehead atoms. The fourth-order valence-electron chi connectivity index (χ4n) is 3.37. The topological polar surface area (TPSA) is 123 Å². The number of nitrogen functional groups attached to an aromatic ring is 1. The van der Waals surface area contributed by atoms with E-state index in [0.717, 1.165) is 16.2 Å². The maximum absolute atomic E-state index is 12.5.